The third-order valence-electron chi connectivity index (χ3n) is 10.7. The Balaban J connectivity index is 1.66. The highest BCUT2D eigenvalue weighted by molar-refractivity contribution is 5.69. The Bertz CT molecular complexity index is 1120. The molecule has 0 radical (unpaired) electrons. The van der Waals surface area contributed by atoms with Gasteiger partial charge in [-0.3, -0.25) is 4.79 Å². The zero-order valence-electron chi connectivity index (χ0n) is 36.0. The Hall–Kier alpha value is -1.79. The molecular formula is C45H80O14. The molecule has 0 aromatic heterocycles. The number of rotatable bonds is 34. The lowest BCUT2D eigenvalue weighted by molar-refractivity contribution is -0.332. The molecule has 0 saturated carbocycles. The Morgan fingerprint density at radius 2 is 1.05 bits per heavy atom. The molecule has 0 spiro atoms. The standard InChI is InChI=1S/C45H80O14/c1-3-5-7-8-9-10-11-12-13-14-15-16-17-18-19-20-21-22-23-24-25-27-29-54-31-34(57-37(47)28-26-6-4-2)32-55-44-43(53)41(51)39(49)36(59-44)33-56-45-42(52)40(50)38(48)35(30-46)58-45/h11-12,14-15,17-18,34-36,38-46,48-53H,3-10,13,16,19-33H2,1-2H3/b12-11-,15-14-,18-17-. The van der Waals surface area contributed by atoms with Crippen molar-refractivity contribution in [3.63, 3.8) is 0 Å². The Morgan fingerprint density at radius 1 is 0.559 bits per heavy atom. The van der Waals surface area contributed by atoms with Crippen LogP contribution in [0.15, 0.2) is 36.5 Å². The van der Waals surface area contributed by atoms with Gasteiger partial charge < -0.3 is 64.2 Å². The largest absolute Gasteiger partial charge is 0.457 e. The van der Waals surface area contributed by atoms with Crippen molar-refractivity contribution in [1.82, 2.24) is 0 Å². The van der Waals surface area contributed by atoms with Gasteiger partial charge in [-0.05, 0) is 51.4 Å². The van der Waals surface area contributed by atoms with Crippen LogP contribution in [0.3, 0.4) is 0 Å². The van der Waals surface area contributed by atoms with Crippen LogP contribution >= 0.6 is 0 Å². The number of aliphatic hydroxyl groups is 7. The van der Waals surface area contributed by atoms with E-state index in [9.17, 15) is 40.5 Å². The summed E-state index contributed by atoms with van der Waals surface area (Å²) in [5, 5.41) is 71.5. The van der Waals surface area contributed by atoms with E-state index in [0.717, 1.165) is 51.4 Å². The lowest BCUT2D eigenvalue weighted by atomic mass is 9.98. The molecule has 14 nitrogen and oxygen atoms in total. The summed E-state index contributed by atoms with van der Waals surface area (Å²) in [7, 11) is 0. The molecule has 2 heterocycles. The molecule has 59 heavy (non-hydrogen) atoms. The van der Waals surface area contributed by atoms with Crippen LogP contribution < -0.4 is 0 Å². The molecular weight excluding hydrogens is 764 g/mol. The summed E-state index contributed by atoms with van der Waals surface area (Å²) < 4.78 is 33.8. The minimum atomic E-state index is -1.70. The van der Waals surface area contributed by atoms with E-state index >= 15 is 0 Å². The summed E-state index contributed by atoms with van der Waals surface area (Å²) in [5.41, 5.74) is 0. The second kappa shape index (κ2) is 33.8. The van der Waals surface area contributed by atoms with Gasteiger partial charge in [0.1, 0.15) is 54.9 Å². The molecule has 0 aliphatic carbocycles. The molecule has 14 heteroatoms. The maximum absolute atomic E-state index is 12.6. The summed E-state index contributed by atoms with van der Waals surface area (Å²) in [6.07, 6.45) is 18.9. The maximum Gasteiger partial charge on any atom is 0.306 e. The van der Waals surface area contributed by atoms with Crippen molar-refractivity contribution in [3.8, 4) is 0 Å². The fourth-order valence-electron chi connectivity index (χ4n) is 6.88. The van der Waals surface area contributed by atoms with Crippen LogP contribution in [0.5, 0.6) is 0 Å². The van der Waals surface area contributed by atoms with Crippen LogP contribution in [-0.4, -0.2) is 142 Å². The molecule has 2 saturated heterocycles. The zero-order chi connectivity index (χ0) is 43.1. The van der Waals surface area contributed by atoms with Crippen molar-refractivity contribution in [1.29, 1.82) is 0 Å². The van der Waals surface area contributed by atoms with Crippen LogP contribution in [0, 0.1) is 0 Å². The molecule has 0 aromatic carbocycles. The van der Waals surface area contributed by atoms with Gasteiger partial charge in [0.25, 0.3) is 0 Å². The average Bonchev–Trinajstić information content (AvgIpc) is 3.23. The van der Waals surface area contributed by atoms with E-state index in [1.54, 1.807) is 0 Å². The number of ether oxygens (including phenoxy) is 6. The zero-order valence-corrected chi connectivity index (χ0v) is 36.0. The van der Waals surface area contributed by atoms with Crippen molar-refractivity contribution in [2.24, 2.45) is 0 Å². The molecule has 0 aromatic rings. The van der Waals surface area contributed by atoms with Gasteiger partial charge in [-0.15, -0.1) is 0 Å². The van der Waals surface area contributed by atoms with Gasteiger partial charge in [0, 0.05) is 13.0 Å². The van der Waals surface area contributed by atoms with E-state index in [-0.39, 0.29) is 19.6 Å². The highest BCUT2D eigenvalue weighted by Crippen LogP contribution is 2.26. The second-order valence-corrected chi connectivity index (χ2v) is 15.9. The summed E-state index contributed by atoms with van der Waals surface area (Å²) in [6, 6.07) is 0. The van der Waals surface area contributed by atoms with E-state index in [1.807, 2.05) is 6.92 Å². The van der Waals surface area contributed by atoms with Crippen molar-refractivity contribution >= 4 is 5.97 Å². The lowest BCUT2D eigenvalue weighted by Crippen LogP contribution is -2.61. The molecule has 2 aliphatic rings. The fraction of sp³-hybridized carbons (Fsp3) is 0.844. The van der Waals surface area contributed by atoms with Gasteiger partial charge in [0.05, 0.1) is 26.4 Å². The predicted octanol–water partition coefficient (Wildman–Crippen LogP) is 5.07. The first kappa shape index (κ1) is 53.3. The van der Waals surface area contributed by atoms with Crippen molar-refractivity contribution in [2.75, 3.05) is 33.0 Å². The molecule has 2 rings (SSSR count). The smallest absolute Gasteiger partial charge is 0.306 e. The van der Waals surface area contributed by atoms with E-state index in [4.69, 9.17) is 28.4 Å². The van der Waals surface area contributed by atoms with E-state index in [1.165, 1.54) is 64.2 Å². The Kier molecular flexibility index (Phi) is 30.6. The molecule has 0 bridgehead atoms. The monoisotopic (exact) mass is 845 g/mol. The van der Waals surface area contributed by atoms with Crippen LogP contribution in [-0.2, 0) is 33.2 Å². The number of carbonyl (C=O) groups excluding carboxylic acids is 1. The first-order valence-corrected chi connectivity index (χ1v) is 22.6. The quantitative estimate of drug-likeness (QED) is 0.0256. The topological polar surface area (TPSA) is 214 Å². The maximum atomic E-state index is 12.6. The summed E-state index contributed by atoms with van der Waals surface area (Å²) >= 11 is 0. The predicted molar refractivity (Wildman–Crippen MR) is 224 cm³/mol. The molecule has 2 fully saturated rings. The van der Waals surface area contributed by atoms with Crippen LogP contribution in [0.25, 0.3) is 0 Å². The van der Waals surface area contributed by atoms with Gasteiger partial charge >= 0.3 is 5.97 Å². The molecule has 2 aliphatic heterocycles. The number of hydrogen-bond donors (Lipinski definition) is 7. The van der Waals surface area contributed by atoms with Crippen molar-refractivity contribution in [2.45, 2.75) is 210 Å². The SMILES string of the molecule is CCCCCCC/C=C\C/C=C\C/C=C\CCCCCCCCCOCC(COC1OC(COC2OC(CO)C(O)C(O)C2O)C(O)C(O)C1O)OC(=O)CCCCC. The van der Waals surface area contributed by atoms with Gasteiger partial charge in [-0.2, -0.15) is 0 Å². The normalized spacial score (nSPS) is 28.3. The number of unbranched alkanes of at least 4 members (excludes halogenated alkanes) is 14. The highest BCUT2D eigenvalue weighted by Gasteiger charge is 2.47. The molecule has 7 N–H and O–H groups in total. The summed E-state index contributed by atoms with van der Waals surface area (Å²) in [6.45, 7) is 3.44. The average molecular weight is 845 g/mol. The molecule has 0 amide bonds. The number of allylic oxidation sites excluding steroid dienone is 6. The number of hydrogen-bond acceptors (Lipinski definition) is 14. The van der Waals surface area contributed by atoms with Crippen LogP contribution in [0.4, 0.5) is 0 Å². The molecule has 11 unspecified atom stereocenters. The number of aliphatic hydroxyl groups excluding tert-OH is 7. The summed E-state index contributed by atoms with van der Waals surface area (Å²) in [4.78, 5) is 12.6. The lowest BCUT2D eigenvalue weighted by Gasteiger charge is -2.42. The summed E-state index contributed by atoms with van der Waals surface area (Å²) in [5.74, 6) is -0.406. The van der Waals surface area contributed by atoms with Crippen LogP contribution in [0.1, 0.15) is 142 Å². The third kappa shape index (κ3) is 22.8. The second-order valence-electron chi connectivity index (χ2n) is 15.9. The molecule has 344 valence electrons. The highest BCUT2D eigenvalue weighted by atomic mass is 16.7. The first-order valence-electron chi connectivity index (χ1n) is 22.6. The van der Waals surface area contributed by atoms with E-state index < -0.39 is 86.7 Å². The van der Waals surface area contributed by atoms with Gasteiger partial charge in [-0.25, -0.2) is 0 Å². The fourth-order valence-corrected chi connectivity index (χ4v) is 6.88. The van der Waals surface area contributed by atoms with Crippen molar-refractivity contribution in [3.05, 3.63) is 36.5 Å². The Labute approximate surface area is 353 Å². The molecule has 11 atom stereocenters. The van der Waals surface area contributed by atoms with Crippen molar-refractivity contribution < 1.29 is 69.0 Å². The minimum absolute atomic E-state index is 0.0524. The first-order chi connectivity index (χ1) is 28.6. The van der Waals surface area contributed by atoms with E-state index in [2.05, 4.69) is 43.4 Å². The third-order valence-corrected chi connectivity index (χ3v) is 10.7. The van der Waals surface area contributed by atoms with Gasteiger partial charge in [0.2, 0.25) is 0 Å². The van der Waals surface area contributed by atoms with Gasteiger partial charge in [0.15, 0.2) is 12.6 Å². The number of carbonyl (C=O) groups is 1. The van der Waals surface area contributed by atoms with Crippen LogP contribution in [0.2, 0.25) is 0 Å². The Morgan fingerprint density at radius 3 is 1.64 bits per heavy atom. The van der Waals surface area contributed by atoms with Gasteiger partial charge in [-0.1, -0.05) is 121 Å². The minimum Gasteiger partial charge on any atom is -0.457 e. The number of esters is 1. The van der Waals surface area contributed by atoms with E-state index in [0.29, 0.717) is 13.0 Å².